The van der Waals surface area contributed by atoms with Crippen LogP contribution in [-0.2, 0) is 11.3 Å². The van der Waals surface area contributed by atoms with E-state index < -0.39 is 0 Å². The minimum absolute atomic E-state index is 0. The molecule has 108 valence electrons. The van der Waals surface area contributed by atoms with Gasteiger partial charge in [0, 0.05) is 10.9 Å². The lowest BCUT2D eigenvalue weighted by molar-refractivity contribution is -0.123. The summed E-state index contributed by atoms with van der Waals surface area (Å²) in [5, 5.41) is 13.7. The van der Waals surface area contributed by atoms with Crippen molar-refractivity contribution in [1.29, 1.82) is 0 Å². The highest BCUT2D eigenvalue weighted by Crippen LogP contribution is 2.18. The first-order valence-electron chi connectivity index (χ1n) is 6.19. The van der Waals surface area contributed by atoms with Crippen LogP contribution >= 0.6 is 23.7 Å². The Bertz CT molecular complexity index is 552. The van der Waals surface area contributed by atoms with Gasteiger partial charge < -0.3 is 15.2 Å². The molecule has 0 aromatic carbocycles. The molecule has 1 atom stereocenters. The van der Waals surface area contributed by atoms with Crippen molar-refractivity contribution in [3.8, 4) is 11.4 Å². The van der Waals surface area contributed by atoms with E-state index in [1.807, 2.05) is 16.8 Å². The van der Waals surface area contributed by atoms with Crippen LogP contribution in [0.4, 0.5) is 0 Å². The van der Waals surface area contributed by atoms with E-state index in [9.17, 15) is 4.79 Å². The molecule has 1 saturated heterocycles. The molecule has 1 aliphatic rings. The van der Waals surface area contributed by atoms with Crippen LogP contribution in [0.5, 0.6) is 0 Å². The molecule has 0 bridgehead atoms. The second-order valence-corrected chi connectivity index (χ2v) is 5.17. The van der Waals surface area contributed by atoms with E-state index in [1.165, 1.54) is 0 Å². The van der Waals surface area contributed by atoms with Gasteiger partial charge in [0.25, 0.3) is 0 Å². The molecule has 1 fully saturated rings. The number of nitrogens with one attached hydrogen (secondary N) is 2. The molecule has 1 unspecified atom stereocenters. The number of amides is 1. The van der Waals surface area contributed by atoms with Gasteiger partial charge in [0.05, 0.1) is 12.6 Å². The number of hydrogen-bond acceptors (Lipinski definition) is 6. The molecular formula is C12H15ClN4O2S. The summed E-state index contributed by atoms with van der Waals surface area (Å²) in [7, 11) is 0. The van der Waals surface area contributed by atoms with Crippen LogP contribution in [0.2, 0.25) is 0 Å². The normalized spacial score (nSPS) is 17.7. The summed E-state index contributed by atoms with van der Waals surface area (Å²) in [6.07, 6.45) is 1.93. The quantitative estimate of drug-likeness (QED) is 0.896. The smallest absolute Gasteiger partial charge is 0.246 e. The second-order valence-electron chi connectivity index (χ2n) is 4.39. The van der Waals surface area contributed by atoms with E-state index in [1.54, 1.807) is 11.3 Å². The molecule has 2 N–H and O–H groups in total. The molecule has 8 heteroatoms. The van der Waals surface area contributed by atoms with E-state index in [-0.39, 0.29) is 30.9 Å². The third-order valence-corrected chi connectivity index (χ3v) is 3.72. The summed E-state index contributed by atoms with van der Waals surface area (Å²) in [6, 6.07) is 1.85. The third kappa shape index (κ3) is 3.36. The van der Waals surface area contributed by atoms with Gasteiger partial charge in [0.1, 0.15) is 0 Å². The molecule has 0 spiro atoms. The van der Waals surface area contributed by atoms with Crippen LogP contribution in [0.3, 0.4) is 0 Å². The molecule has 20 heavy (non-hydrogen) atoms. The zero-order valence-electron chi connectivity index (χ0n) is 10.7. The summed E-state index contributed by atoms with van der Waals surface area (Å²) in [5.74, 6) is 0.977. The number of carbonyl (C=O) groups is 1. The van der Waals surface area contributed by atoms with Gasteiger partial charge in [-0.3, -0.25) is 4.79 Å². The van der Waals surface area contributed by atoms with Crippen LogP contribution < -0.4 is 10.6 Å². The molecule has 0 radical (unpaired) electrons. The second kappa shape index (κ2) is 6.83. The number of halogens is 1. The highest BCUT2D eigenvalue weighted by Gasteiger charge is 2.22. The van der Waals surface area contributed by atoms with Crippen molar-refractivity contribution in [3.05, 3.63) is 22.7 Å². The zero-order valence-corrected chi connectivity index (χ0v) is 12.3. The zero-order chi connectivity index (χ0) is 13.1. The van der Waals surface area contributed by atoms with E-state index in [4.69, 9.17) is 4.52 Å². The van der Waals surface area contributed by atoms with Crippen molar-refractivity contribution < 1.29 is 9.32 Å². The van der Waals surface area contributed by atoms with E-state index in [0.717, 1.165) is 24.9 Å². The van der Waals surface area contributed by atoms with Crippen LogP contribution in [0, 0.1) is 0 Å². The first kappa shape index (κ1) is 15.0. The van der Waals surface area contributed by atoms with Crippen molar-refractivity contribution in [1.82, 2.24) is 20.8 Å². The fourth-order valence-corrected chi connectivity index (χ4v) is 2.66. The molecule has 3 rings (SSSR count). The van der Waals surface area contributed by atoms with Gasteiger partial charge in [-0.25, -0.2) is 0 Å². The maximum Gasteiger partial charge on any atom is 0.246 e. The third-order valence-electron chi connectivity index (χ3n) is 3.04. The molecule has 3 heterocycles. The highest BCUT2D eigenvalue weighted by molar-refractivity contribution is 7.08. The first-order valence-corrected chi connectivity index (χ1v) is 7.13. The number of thiophene rings is 1. The van der Waals surface area contributed by atoms with Gasteiger partial charge >= 0.3 is 0 Å². The van der Waals surface area contributed by atoms with Crippen LogP contribution in [0.25, 0.3) is 11.4 Å². The van der Waals surface area contributed by atoms with Crippen LogP contribution in [0.15, 0.2) is 21.3 Å². The molecule has 1 amide bonds. The van der Waals surface area contributed by atoms with Gasteiger partial charge in [-0.2, -0.15) is 16.3 Å². The van der Waals surface area contributed by atoms with Crippen molar-refractivity contribution in [2.24, 2.45) is 0 Å². The average Bonchev–Trinajstić information content (AvgIpc) is 3.14. The molecule has 0 saturated carbocycles. The van der Waals surface area contributed by atoms with E-state index in [0.29, 0.717) is 11.7 Å². The Balaban J connectivity index is 0.00000147. The number of carbonyl (C=O) groups excluding carboxylic acids is 1. The van der Waals surface area contributed by atoms with Gasteiger partial charge in [-0.1, -0.05) is 5.16 Å². The number of hydrogen-bond donors (Lipinski definition) is 2. The molecule has 2 aromatic heterocycles. The summed E-state index contributed by atoms with van der Waals surface area (Å²) >= 11 is 1.58. The fraction of sp³-hybridized carbons (Fsp3) is 0.417. The maximum atomic E-state index is 11.8. The fourth-order valence-electron chi connectivity index (χ4n) is 2.03. The predicted octanol–water partition coefficient (Wildman–Crippen LogP) is 1.59. The largest absolute Gasteiger partial charge is 0.346 e. The number of aromatic nitrogens is 2. The van der Waals surface area contributed by atoms with Crippen molar-refractivity contribution in [3.63, 3.8) is 0 Å². The van der Waals surface area contributed by atoms with Crippen LogP contribution in [-0.4, -0.2) is 28.6 Å². The lowest BCUT2D eigenvalue weighted by Gasteiger charge is -2.08. The Morgan fingerprint density at radius 1 is 1.60 bits per heavy atom. The van der Waals surface area contributed by atoms with E-state index in [2.05, 4.69) is 20.8 Å². The van der Waals surface area contributed by atoms with Gasteiger partial charge in [-0.15, -0.1) is 12.4 Å². The summed E-state index contributed by atoms with van der Waals surface area (Å²) in [5.41, 5.74) is 0.934. The average molecular weight is 315 g/mol. The Labute approximate surface area is 126 Å². The topological polar surface area (TPSA) is 80.1 Å². The molecular weight excluding hydrogens is 300 g/mol. The van der Waals surface area contributed by atoms with Crippen molar-refractivity contribution in [2.45, 2.75) is 25.4 Å². The van der Waals surface area contributed by atoms with Gasteiger partial charge in [0.15, 0.2) is 0 Å². The maximum absolute atomic E-state index is 11.8. The highest BCUT2D eigenvalue weighted by atomic mass is 35.5. The van der Waals surface area contributed by atoms with E-state index >= 15 is 0 Å². The predicted molar refractivity (Wildman–Crippen MR) is 77.7 cm³/mol. The molecule has 0 aliphatic carbocycles. The minimum atomic E-state index is -0.0840. The monoisotopic (exact) mass is 314 g/mol. The summed E-state index contributed by atoms with van der Waals surface area (Å²) in [4.78, 5) is 16.0. The standard InChI is InChI=1S/C12H14N4O2S.ClH/c17-12(9-2-1-4-13-9)14-6-10-15-11(16-18-10)8-3-5-19-7-8;/h3,5,7,9,13H,1-2,4,6H2,(H,14,17);1H. The Hall–Kier alpha value is -1.44. The number of rotatable bonds is 4. The summed E-state index contributed by atoms with van der Waals surface area (Å²) in [6.45, 7) is 1.18. The van der Waals surface area contributed by atoms with Crippen molar-refractivity contribution in [2.75, 3.05) is 6.54 Å². The Morgan fingerprint density at radius 2 is 2.50 bits per heavy atom. The van der Waals surface area contributed by atoms with Crippen molar-refractivity contribution >= 4 is 29.7 Å². The van der Waals surface area contributed by atoms with Gasteiger partial charge in [-0.05, 0) is 30.8 Å². The molecule has 6 nitrogen and oxygen atoms in total. The number of nitrogens with zero attached hydrogens (tertiary/aromatic N) is 2. The Kier molecular flexibility index (Phi) is 5.11. The molecule has 2 aromatic rings. The van der Waals surface area contributed by atoms with Crippen LogP contribution in [0.1, 0.15) is 18.7 Å². The lowest BCUT2D eigenvalue weighted by Crippen LogP contribution is -2.40. The van der Waals surface area contributed by atoms with Gasteiger partial charge in [0.2, 0.25) is 17.6 Å². The first-order chi connectivity index (χ1) is 9.33. The molecule has 1 aliphatic heterocycles. The SMILES string of the molecule is Cl.O=C(NCc1nc(-c2ccsc2)no1)C1CCCN1. The Morgan fingerprint density at radius 3 is 3.20 bits per heavy atom. The summed E-state index contributed by atoms with van der Waals surface area (Å²) < 4.78 is 5.11. The lowest BCUT2D eigenvalue weighted by atomic mass is 10.2. The minimum Gasteiger partial charge on any atom is -0.346 e.